The summed E-state index contributed by atoms with van der Waals surface area (Å²) in [7, 11) is 0. The number of fused-ring (bicyclic) bond motifs is 1. The first-order chi connectivity index (χ1) is 12.7. The second kappa shape index (κ2) is 6.40. The molecule has 2 aromatic carbocycles. The van der Waals surface area contributed by atoms with Gasteiger partial charge >= 0.3 is 0 Å². The molecule has 1 N–H and O–H groups in total. The molecule has 0 saturated carbocycles. The van der Waals surface area contributed by atoms with E-state index in [0.717, 1.165) is 0 Å². The van der Waals surface area contributed by atoms with Gasteiger partial charge in [0, 0.05) is 17.4 Å². The number of nitrogens with one attached hydrogen (secondary N) is 1. The van der Waals surface area contributed by atoms with E-state index in [4.69, 9.17) is 4.74 Å². The molecule has 0 radical (unpaired) electrons. The maximum atomic E-state index is 13.2. The molecule has 0 aliphatic rings. The molecule has 4 aromatic rings. The van der Waals surface area contributed by atoms with Gasteiger partial charge in [-0.3, -0.25) is 14.5 Å². The Kier molecular flexibility index (Phi) is 3.92. The minimum atomic E-state index is -0.931. The van der Waals surface area contributed by atoms with Crippen LogP contribution in [-0.4, -0.2) is 26.8 Å². The Balaban J connectivity index is 1.91. The number of aromatic amines is 1. The van der Waals surface area contributed by atoms with Gasteiger partial charge < -0.3 is 4.74 Å². The van der Waals surface area contributed by atoms with Gasteiger partial charge in [-0.25, -0.2) is 8.78 Å². The van der Waals surface area contributed by atoms with E-state index in [-0.39, 0.29) is 16.9 Å². The number of hydrogen-bond donors (Lipinski definition) is 1. The number of H-pyrrole nitrogens is 1. The first kappa shape index (κ1) is 15.9. The summed E-state index contributed by atoms with van der Waals surface area (Å²) < 4.78 is 31.7. The van der Waals surface area contributed by atoms with E-state index < -0.39 is 6.86 Å². The lowest BCUT2D eigenvalue weighted by molar-refractivity contribution is 0.192. The molecule has 0 aliphatic carbocycles. The highest BCUT2D eigenvalue weighted by Crippen LogP contribution is 2.26. The molecule has 0 unspecified atom stereocenters. The van der Waals surface area contributed by atoms with Crippen LogP contribution in [0.3, 0.4) is 0 Å². The van der Waals surface area contributed by atoms with E-state index >= 15 is 0 Å². The molecule has 0 aliphatic heterocycles. The Labute approximate surface area is 145 Å². The number of rotatable bonds is 4. The van der Waals surface area contributed by atoms with E-state index in [0.29, 0.717) is 28.1 Å². The molecule has 8 heteroatoms. The van der Waals surface area contributed by atoms with Crippen LogP contribution in [0.15, 0.2) is 59.5 Å². The van der Waals surface area contributed by atoms with Crippen LogP contribution in [0.5, 0.6) is 5.75 Å². The lowest BCUT2D eigenvalue weighted by atomic mass is 10.1. The number of alkyl halides is 1. The monoisotopic (exact) mass is 354 g/mol. The van der Waals surface area contributed by atoms with E-state index in [9.17, 15) is 13.6 Å². The molecule has 2 heterocycles. The lowest BCUT2D eigenvalue weighted by Gasteiger charge is -2.10. The van der Waals surface area contributed by atoms with Crippen LogP contribution in [0.25, 0.3) is 27.8 Å². The molecule has 130 valence electrons. The van der Waals surface area contributed by atoms with Crippen LogP contribution in [0, 0.1) is 5.82 Å². The molecule has 0 fully saturated rings. The number of benzene rings is 2. The number of ether oxygens (including phenoxy) is 1. The van der Waals surface area contributed by atoms with Crippen molar-refractivity contribution in [1.82, 2.24) is 20.0 Å². The van der Waals surface area contributed by atoms with Crippen molar-refractivity contribution in [2.75, 3.05) is 6.86 Å². The zero-order valence-corrected chi connectivity index (χ0v) is 13.3. The number of aromatic nitrogens is 4. The van der Waals surface area contributed by atoms with Gasteiger partial charge in [0.2, 0.25) is 6.86 Å². The SMILES string of the molecule is O=c1c2[nH]nnc2c(-c2ccc(F)cc2)cn1-c1ccc(OCF)cc1. The molecule has 0 spiro atoms. The molecular formula is C18H12F2N4O2. The molecule has 0 atom stereocenters. The van der Waals surface area contributed by atoms with E-state index in [1.807, 2.05) is 0 Å². The van der Waals surface area contributed by atoms with Crippen molar-refractivity contribution in [2.24, 2.45) is 0 Å². The minimum Gasteiger partial charge on any atom is -0.463 e. The van der Waals surface area contributed by atoms with Crippen LogP contribution in [0.2, 0.25) is 0 Å². The third kappa shape index (κ3) is 2.71. The highest BCUT2D eigenvalue weighted by Gasteiger charge is 2.15. The summed E-state index contributed by atoms with van der Waals surface area (Å²) in [6.07, 6.45) is 1.62. The van der Waals surface area contributed by atoms with Gasteiger partial charge in [-0.05, 0) is 42.0 Å². The molecular weight excluding hydrogens is 342 g/mol. The van der Waals surface area contributed by atoms with Gasteiger partial charge in [0.15, 0.2) is 5.52 Å². The predicted octanol–water partition coefficient (Wildman–Crippen LogP) is 3.22. The van der Waals surface area contributed by atoms with Gasteiger partial charge in [-0.1, -0.05) is 17.3 Å². The minimum absolute atomic E-state index is 0.232. The number of halogens is 2. The summed E-state index contributed by atoms with van der Waals surface area (Å²) >= 11 is 0. The van der Waals surface area contributed by atoms with Gasteiger partial charge in [-0.2, -0.15) is 0 Å². The number of nitrogens with zero attached hydrogens (tertiary/aromatic N) is 3. The van der Waals surface area contributed by atoms with Crippen molar-refractivity contribution in [3.05, 3.63) is 70.9 Å². The highest BCUT2D eigenvalue weighted by atomic mass is 19.1. The summed E-state index contributed by atoms with van der Waals surface area (Å²) in [4.78, 5) is 12.7. The standard InChI is InChI=1S/C18H12F2N4O2/c19-10-26-14-7-5-13(6-8-14)24-9-15(11-1-3-12(20)4-2-11)16-17(18(24)25)22-23-21-16/h1-9H,10H2,(H,21,22,23). The zero-order valence-electron chi connectivity index (χ0n) is 13.3. The summed E-state index contributed by atoms with van der Waals surface area (Å²) in [5.41, 5.74) is 2.16. The molecule has 2 aromatic heterocycles. The van der Waals surface area contributed by atoms with Crippen LogP contribution >= 0.6 is 0 Å². The second-order valence-corrected chi connectivity index (χ2v) is 5.51. The molecule has 26 heavy (non-hydrogen) atoms. The Morgan fingerprint density at radius 2 is 1.81 bits per heavy atom. The van der Waals surface area contributed by atoms with E-state index in [1.165, 1.54) is 16.7 Å². The fraction of sp³-hybridized carbons (Fsp3) is 0.0556. The average molecular weight is 354 g/mol. The predicted molar refractivity (Wildman–Crippen MR) is 91.5 cm³/mol. The van der Waals surface area contributed by atoms with Crippen molar-refractivity contribution in [2.45, 2.75) is 0 Å². The van der Waals surface area contributed by atoms with Crippen molar-refractivity contribution in [3.63, 3.8) is 0 Å². The first-order valence-corrected chi connectivity index (χ1v) is 7.69. The largest absolute Gasteiger partial charge is 0.463 e. The molecule has 4 rings (SSSR count). The Morgan fingerprint density at radius 3 is 2.50 bits per heavy atom. The molecule has 0 bridgehead atoms. The van der Waals surface area contributed by atoms with Crippen molar-refractivity contribution in [3.8, 4) is 22.6 Å². The fourth-order valence-corrected chi connectivity index (χ4v) is 2.73. The van der Waals surface area contributed by atoms with Crippen LogP contribution in [0.4, 0.5) is 8.78 Å². The quantitative estimate of drug-likeness (QED) is 0.611. The average Bonchev–Trinajstić information content (AvgIpc) is 3.15. The van der Waals surface area contributed by atoms with Gasteiger partial charge in [0.05, 0.1) is 0 Å². The molecule has 6 nitrogen and oxygen atoms in total. The van der Waals surface area contributed by atoms with Crippen LogP contribution in [0.1, 0.15) is 0 Å². The zero-order chi connectivity index (χ0) is 18.1. The van der Waals surface area contributed by atoms with Gasteiger partial charge in [-0.15, -0.1) is 5.10 Å². The lowest BCUT2D eigenvalue weighted by Crippen LogP contribution is -2.18. The van der Waals surface area contributed by atoms with E-state index in [2.05, 4.69) is 15.4 Å². The van der Waals surface area contributed by atoms with E-state index in [1.54, 1.807) is 42.6 Å². The van der Waals surface area contributed by atoms with Crippen molar-refractivity contribution < 1.29 is 13.5 Å². The maximum Gasteiger partial charge on any atom is 0.282 e. The smallest absolute Gasteiger partial charge is 0.282 e. The summed E-state index contributed by atoms with van der Waals surface area (Å²) in [5.74, 6) is -0.00531. The van der Waals surface area contributed by atoms with Crippen LogP contribution in [-0.2, 0) is 0 Å². The van der Waals surface area contributed by atoms with Gasteiger partial charge in [0.25, 0.3) is 5.56 Å². The third-order valence-corrected chi connectivity index (χ3v) is 3.99. The topological polar surface area (TPSA) is 72.8 Å². The van der Waals surface area contributed by atoms with Gasteiger partial charge in [0.1, 0.15) is 17.1 Å². The summed E-state index contributed by atoms with van der Waals surface area (Å²) in [6.45, 7) is -0.931. The number of hydrogen-bond acceptors (Lipinski definition) is 4. The third-order valence-electron chi connectivity index (χ3n) is 3.99. The van der Waals surface area contributed by atoms with Crippen molar-refractivity contribution >= 4 is 11.0 Å². The summed E-state index contributed by atoms with van der Waals surface area (Å²) in [6, 6.07) is 12.3. The normalized spacial score (nSPS) is 11.0. The maximum absolute atomic E-state index is 13.2. The Morgan fingerprint density at radius 1 is 1.08 bits per heavy atom. The highest BCUT2D eigenvalue weighted by molar-refractivity contribution is 5.90. The molecule has 0 amide bonds. The van der Waals surface area contributed by atoms with Crippen molar-refractivity contribution in [1.29, 1.82) is 0 Å². The second-order valence-electron chi connectivity index (χ2n) is 5.51. The Hall–Kier alpha value is -3.55. The number of pyridine rings is 1. The molecule has 0 saturated heterocycles. The van der Waals surface area contributed by atoms with Crippen LogP contribution < -0.4 is 10.3 Å². The Bertz CT molecular complexity index is 1120. The first-order valence-electron chi connectivity index (χ1n) is 7.69. The fourth-order valence-electron chi connectivity index (χ4n) is 2.73. The summed E-state index contributed by atoms with van der Waals surface area (Å²) in [5, 5.41) is 10.3.